The van der Waals surface area contributed by atoms with Crippen LogP contribution in [0.4, 0.5) is 0 Å². The zero-order valence-electron chi connectivity index (χ0n) is 5.40. The molecule has 0 aromatic rings. The van der Waals surface area contributed by atoms with Gasteiger partial charge in [-0.25, -0.2) is 0 Å². The number of carbonyl (C=O) groups is 1. The van der Waals surface area contributed by atoms with Gasteiger partial charge in [0.2, 0.25) is 0 Å². The van der Waals surface area contributed by atoms with E-state index in [4.69, 9.17) is 27.4 Å². The summed E-state index contributed by atoms with van der Waals surface area (Å²) in [6.07, 6.45) is 0. The average Bonchev–Trinajstić information content (AvgIpc) is 1.19. The monoisotopic (exact) mass is 179 g/mol. The molecular formula is C2H4NaO6S-. The topological polar surface area (TPSA) is 118 Å². The Morgan fingerprint density at radius 1 is 1.40 bits per heavy atom. The van der Waals surface area contributed by atoms with E-state index >= 15 is 0 Å². The normalized spacial score (nSPS) is 8.30. The maximum atomic E-state index is 9.00. The molecule has 56 valence electrons. The molecule has 0 aliphatic rings. The van der Waals surface area contributed by atoms with Crippen molar-refractivity contribution in [2.24, 2.45) is 0 Å². The number of aliphatic carboxylic acids is 1. The summed E-state index contributed by atoms with van der Waals surface area (Å²) in [4.78, 5) is 9.00. The molecule has 8 heteroatoms. The van der Waals surface area contributed by atoms with Gasteiger partial charge in [-0.3, -0.25) is 13.2 Å². The molecule has 1 N–H and O–H groups in total. The van der Waals surface area contributed by atoms with Crippen LogP contribution in [0.3, 0.4) is 0 Å². The van der Waals surface area contributed by atoms with Gasteiger partial charge in [-0.05, 0) is 0 Å². The van der Waals surface area contributed by atoms with Crippen LogP contribution in [-0.4, -0.2) is 28.6 Å². The van der Waals surface area contributed by atoms with E-state index in [1.807, 2.05) is 0 Å². The summed E-state index contributed by atoms with van der Waals surface area (Å²) >= 11 is 0. The molecule has 0 heterocycles. The predicted octanol–water partition coefficient (Wildman–Crippen LogP) is -4.24. The van der Waals surface area contributed by atoms with E-state index in [2.05, 4.69) is 0 Å². The van der Waals surface area contributed by atoms with Crippen molar-refractivity contribution in [1.29, 1.82) is 0 Å². The van der Waals surface area contributed by atoms with Crippen molar-refractivity contribution >= 4 is 16.4 Å². The Labute approximate surface area is 80.1 Å². The van der Waals surface area contributed by atoms with Crippen molar-refractivity contribution in [2.45, 2.75) is 6.92 Å². The average molecular weight is 179 g/mol. The fourth-order valence-electron chi connectivity index (χ4n) is 0. The third-order valence-corrected chi connectivity index (χ3v) is 0. The minimum Gasteiger partial charge on any atom is -0.759 e. The van der Waals surface area contributed by atoms with Crippen LogP contribution in [-0.2, 0) is 15.2 Å². The molecule has 0 amide bonds. The SMILES string of the molecule is CC(=O)O.O=S(=O)([O-])[O-].[Na+]. The number of hydrogen-bond acceptors (Lipinski definition) is 5. The summed E-state index contributed by atoms with van der Waals surface area (Å²) < 4.78 is 34.1. The first kappa shape index (κ1) is 16.7. The maximum Gasteiger partial charge on any atom is 1.00 e. The molecule has 0 bridgehead atoms. The Morgan fingerprint density at radius 2 is 1.40 bits per heavy atom. The molecule has 0 rings (SSSR count). The van der Waals surface area contributed by atoms with Crippen molar-refractivity contribution in [3.8, 4) is 0 Å². The van der Waals surface area contributed by atoms with Crippen molar-refractivity contribution in [2.75, 3.05) is 0 Å². The van der Waals surface area contributed by atoms with E-state index in [0.29, 0.717) is 0 Å². The van der Waals surface area contributed by atoms with Gasteiger partial charge in [-0.1, -0.05) is 0 Å². The standard InChI is InChI=1S/C2H4O2.Na.H2O4S/c1-2(3)4;;1-5(2,3)4/h1H3,(H,3,4);;(H2,1,2,3,4)/q;+1;/p-2. The second kappa shape index (κ2) is 7.45. The van der Waals surface area contributed by atoms with Gasteiger partial charge in [0.05, 0.1) is 0 Å². The summed E-state index contributed by atoms with van der Waals surface area (Å²) in [7, 11) is -5.17. The Bertz CT molecular complexity index is 158. The molecule has 0 saturated carbocycles. The van der Waals surface area contributed by atoms with Gasteiger partial charge in [0.15, 0.2) is 0 Å². The smallest absolute Gasteiger partial charge is 0.759 e. The molecule has 0 aromatic heterocycles. The van der Waals surface area contributed by atoms with Crippen LogP contribution in [0.2, 0.25) is 0 Å². The van der Waals surface area contributed by atoms with Gasteiger partial charge >= 0.3 is 29.6 Å². The fraction of sp³-hybridized carbons (Fsp3) is 0.500. The summed E-state index contributed by atoms with van der Waals surface area (Å²) in [5.74, 6) is -0.833. The minimum atomic E-state index is -5.17. The number of hydrogen-bond donors (Lipinski definition) is 1. The largest absolute Gasteiger partial charge is 1.00 e. The Hall–Kier alpha value is 0.340. The summed E-state index contributed by atoms with van der Waals surface area (Å²) in [6.45, 7) is 1.08. The van der Waals surface area contributed by atoms with Crippen molar-refractivity contribution < 1.29 is 57.0 Å². The van der Waals surface area contributed by atoms with E-state index in [1.165, 1.54) is 0 Å². The van der Waals surface area contributed by atoms with E-state index in [1.54, 1.807) is 0 Å². The Morgan fingerprint density at radius 3 is 1.40 bits per heavy atom. The number of carboxylic acids is 1. The first-order valence-corrected chi connectivity index (χ1v) is 2.93. The van der Waals surface area contributed by atoms with Gasteiger partial charge in [-0.2, -0.15) is 0 Å². The quantitative estimate of drug-likeness (QED) is 0.228. The minimum absolute atomic E-state index is 0. The molecule has 0 spiro atoms. The van der Waals surface area contributed by atoms with Crippen LogP contribution >= 0.6 is 0 Å². The summed E-state index contributed by atoms with van der Waals surface area (Å²) in [6, 6.07) is 0. The molecule has 0 unspecified atom stereocenters. The molecule has 0 aliphatic heterocycles. The molecule has 6 nitrogen and oxygen atoms in total. The zero-order chi connectivity index (χ0) is 8.08. The van der Waals surface area contributed by atoms with E-state index in [-0.39, 0.29) is 29.6 Å². The maximum absolute atomic E-state index is 9.00. The second-order valence-corrected chi connectivity index (χ2v) is 1.74. The van der Waals surface area contributed by atoms with Gasteiger partial charge < -0.3 is 14.2 Å². The molecule has 0 atom stereocenters. The molecule has 0 fully saturated rings. The van der Waals surface area contributed by atoms with Crippen LogP contribution in [0.25, 0.3) is 0 Å². The summed E-state index contributed by atoms with van der Waals surface area (Å²) in [5.41, 5.74) is 0. The van der Waals surface area contributed by atoms with Crippen molar-refractivity contribution in [1.82, 2.24) is 0 Å². The van der Waals surface area contributed by atoms with Crippen LogP contribution < -0.4 is 29.6 Å². The predicted molar refractivity (Wildman–Crippen MR) is 23.8 cm³/mol. The van der Waals surface area contributed by atoms with E-state index < -0.39 is 16.4 Å². The van der Waals surface area contributed by atoms with Crippen LogP contribution in [0.1, 0.15) is 6.92 Å². The Balaban J connectivity index is -0.0000000910. The van der Waals surface area contributed by atoms with Crippen LogP contribution in [0, 0.1) is 0 Å². The van der Waals surface area contributed by atoms with Gasteiger partial charge in [-0.15, -0.1) is 0 Å². The van der Waals surface area contributed by atoms with Crippen molar-refractivity contribution in [3.05, 3.63) is 0 Å². The van der Waals surface area contributed by atoms with E-state index in [0.717, 1.165) is 6.92 Å². The molecule has 0 aliphatic carbocycles. The third kappa shape index (κ3) is 3890. The number of rotatable bonds is 0. The molecule has 0 saturated heterocycles. The van der Waals surface area contributed by atoms with Gasteiger partial charge in [0, 0.05) is 17.3 Å². The summed E-state index contributed by atoms with van der Waals surface area (Å²) in [5, 5.41) is 7.42. The van der Waals surface area contributed by atoms with Crippen molar-refractivity contribution in [3.63, 3.8) is 0 Å². The zero-order valence-corrected chi connectivity index (χ0v) is 8.21. The van der Waals surface area contributed by atoms with Gasteiger partial charge in [0.25, 0.3) is 5.97 Å². The second-order valence-electron chi connectivity index (χ2n) is 0.927. The van der Waals surface area contributed by atoms with Crippen LogP contribution in [0.5, 0.6) is 0 Å². The number of carboxylic acid groups (broad SMARTS) is 1. The van der Waals surface area contributed by atoms with E-state index in [9.17, 15) is 0 Å². The first-order chi connectivity index (χ1) is 3.73. The fourth-order valence-corrected chi connectivity index (χ4v) is 0. The Kier molecular flexibility index (Phi) is 12.5. The molecule has 0 radical (unpaired) electrons. The molecule has 0 aromatic carbocycles. The van der Waals surface area contributed by atoms with Crippen LogP contribution in [0.15, 0.2) is 0 Å². The van der Waals surface area contributed by atoms with Gasteiger partial charge in [0.1, 0.15) is 0 Å². The molecule has 10 heavy (non-hydrogen) atoms. The first-order valence-electron chi connectivity index (χ1n) is 1.59. The third-order valence-electron chi connectivity index (χ3n) is 0. The molecular weight excluding hydrogens is 175 g/mol.